The smallest absolute Gasteiger partial charge is 0.0240 e. The molecule has 0 atom stereocenters. The molecule has 1 heteroatoms. The van der Waals surface area contributed by atoms with E-state index in [0.717, 1.165) is 13.1 Å². The molecule has 2 aromatic rings. The molecule has 1 nitrogen and oxygen atoms in total. The van der Waals surface area contributed by atoms with Gasteiger partial charge >= 0.3 is 0 Å². The van der Waals surface area contributed by atoms with Crippen molar-refractivity contribution in [1.29, 1.82) is 0 Å². The number of fused-ring (bicyclic) bond motifs is 1. The summed E-state index contributed by atoms with van der Waals surface area (Å²) in [5, 5.41) is 2.70. The Morgan fingerprint density at radius 2 is 1.79 bits per heavy atom. The van der Waals surface area contributed by atoms with Gasteiger partial charge < -0.3 is 0 Å². The molecule has 100 valence electrons. The topological polar surface area (TPSA) is 3.24 Å². The van der Waals surface area contributed by atoms with E-state index in [9.17, 15) is 0 Å². The van der Waals surface area contributed by atoms with E-state index in [1.54, 1.807) is 0 Å². The third kappa shape index (κ3) is 3.93. The molecule has 0 aromatic heterocycles. The number of rotatable bonds is 6. The van der Waals surface area contributed by atoms with Crippen molar-refractivity contribution in [1.82, 2.24) is 4.90 Å². The van der Waals surface area contributed by atoms with Crippen LogP contribution in [0.4, 0.5) is 0 Å². The Kier molecular flexibility index (Phi) is 5.17. The first-order valence-corrected chi connectivity index (χ1v) is 7.11. The van der Waals surface area contributed by atoms with Crippen molar-refractivity contribution in [3.8, 4) is 0 Å². The molecule has 0 aliphatic rings. The van der Waals surface area contributed by atoms with Crippen molar-refractivity contribution in [3.05, 3.63) is 60.2 Å². The molecule has 0 aliphatic heterocycles. The second-order valence-corrected chi connectivity index (χ2v) is 5.10. The molecular weight excluding hydrogens is 230 g/mol. The molecule has 0 fully saturated rings. The van der Waals surface area contributed by atoms with Gasteiger partial charge in [0.25, 0.3) is 0 Å². The fourth-order valence-corrected chi connectivity index (χ4v) is 2.32. The highest BCUT2D eigenvalue weighted by molar-refractivity contribution is 5.85. The summed E-state index contributed by atoms with van der Waals surface area (Å²) in [5.41, 5.74) is 1.41. The van der Waals surface area contributed by atoms with Crippen molar-refractivity contribution < 1.29 is 0 Å². The normalized spacial score (nSPS) is 11.7. The first kappa shape index (κ1) is 13.8. The van der Waals surface area contributed by atoms with Gasteiger partial charge in [0.15, 0.2) is 0 Å². The number of nitrogens with zero attached hydrogens (tertiary/aromatic N) is 1. The first-order chi connectivity index (χ1) is 9.31. The summed E-state index contributed by atoms with van der Waals surface area (Å²) in [7, 11) is 2.18. The van der Waals surface area contributed by atoms with Crippen molar-refractivity contribution in [3.63, 3.8) is 0 Å². The summed E-state index contributed by atoms with van der Waals surface area (Å²) in [4.78, 5) is 2.36. The van der Waals surface area contributed by atoms with Crippen LogP contribution >= 0.6 is 0 Å². The SMILES string of the molecule is CCC/C=C/CN(C)Cc1cccc2ccccc12. The standard InChI is InChI=1S/C18H23N/c1-3-4-5-8-14-19(2)15-17-12-9-11-16-10-6-7-13-18(16)17/h5-13H,3-4,14-15H2,1-2H3/b8-5+. The van der Waals surface area contributed by atoms with Crippen LogP contribution in [0.25, 0.3) is 10.8 Å². The van der Waals surface area contributed by atoms with Gasteiger partial charge in [0.1, 0.15) is 0 Å². The van der Waals surface area contributed by atoms with Crippen LogP contribution in [0.2, 0.25) is 0 Å². The number of hydrogen-bond donors (Lipinski definition) is 0. The molecule has 2 rings (SSSR count). The molecule has 0 saturated carbocycles. The highest BCUT2D eigenvalue weighted by atomic mass is 15.1. The minimum atomic E-state index is 0.998. The van der Waals surface area contributed by atoms with Gasteiger partial charge in [-0.25, -0.2) is 0 Å². The fraction of sp³-hybridized carbons (Fsp3) is 0.333. The molecule has 0 saturated heterocycles. The van der Waals surface area contributed by atoms with Crippen molar-refractivity contribution in [2.24, 2.45) is 0 Å². The third-order valence-corrected chi connectivity index (χ3v) is 3.36. The lowest BCUT2D eigenvalue weighted by atomic mass is 10.0. The number of likely N-dealkylation sites (N-methyl/N-ethyl adjacent to an activating group) is 1. The first-order valence-electron chi connectivity index (χ1n) is 7.11. The van der Waals surface area contributed by atoms with Crippen molar-refractivity contribution in [2.45, 2.75) is 26.3 Å². The predicted molar refractivity (Wildman–Crippen MR) is 84.3 cm³/mol. The molecule has 0 bridgehead atoms. The maximum atomic E-state index is 2.36. The molecule has 0 N–H and O–H groups in total. The predicted octanol–water partition coefficient (Wildman–Crippen LogP) is 4.63. The average molecular weight is 253 g/mol. The monoisotopic (exact) mass is 253 g/mol. The Hall–Kier alpha value is -1.60. The molecule has 19 heavy (non-hydrogen) atoms. The van der Waals surface area contributed by atoms with E-state index >= 15 is 0 Å². The molecule has 0 radical (unpaired) electrons. The summed E-state index contributed by atoms with van der Waals surface area (Å²) in [6, 6.07) is 15.2. The van der Waals surface area contributed by atoms with Gasteiger partial charge in [0, 0.05) is 13.1 Å². The van der Waals surface area contributed by atoms with E-state index in [2.05, 4.69) is 73.5 Å². The summed E-state index contributed by atoms with van der Waals surface area (Å²) < 4.78 is 0. The van der Waals surface area contributed by atoms with Gasteiger partial charge in [-0.1, -0.05) is 68.0 Å². The van der Waals surface area contributed by atoms with Crippen LogP contribution < -0.4 is 0 Å². The van der Waals surface area contributed by atoms with E-state index in [4.69, 9.17) is 0 Å². The van der Waals surface area contributed by atoms with Crippen LogP contribution in [0, 0.1) is 0 Å². The molecular formula is C18H23N. The minimum Gasteiger partial charge on any atom is -0.298 e. The second-order valence-electron chi connectivity index (χ2n) is 5.10. The van der Waals surface area contributed by atoms with Crippen LogP contribution in [0.3, 0.4) is 0 Å². The number of allylic oxidation sites excluding steroid dienone is 1. The summed E-state index contributed by atoms with van der Waals surface area (Å²) in [6.45, 7) is 4.23. The average Bonchev–Trinajstić information content (AvgIpc) is 2.44. The minimum absolute atomic E-state index is 0.998. The Bertz CT molecular complexity index is 537. The maximum absolute atomic E-state index is 2.36. The quantitative estimate of drug-likeness (QED) is 0.679. The lowest BCUT2D eigenvalue weighted by Crippen LogP contribution is -2.17. The molecule has 2 aromatic carbocycles. The van der Waals surface area contributed by atoms with Gasteiger partial charge in [-0.15, -0.1) is 0 Å². The van der Waals surface area contributed by atoms with Crippen LogP contribution in [0.1, 0.15) is 25.3 Å². The van der Waals surface area contributed by atoms with Crippen molar-refractivity contribution in [2.75, 3.05) is 13.6 Å². The molecule has 0 unspecified atom stereocenters. The van der Waals surface area contributed by atoms with Gasteiger partial charge in [0.2, 0.25) is 0 Å². The van der Waals surface area contributed by atoms with Crippen LogP contribution in [-0.2, 0) is 6.54 Å². The molecule has 0 aliphatic carbocycles. The highest BCUT2D eigenvalue weighted by Gasteiger charge is 2.02. The van der Waals surface area contributed by atoms with Crippen LogP contribution in [0.15, 0.2) is 54.6 Å². The number of hydrogen-bond acceptors (Lipinski definition) is 1. The van der Waals surface area contributed by atoms with E-state index in [1.165, 1.54) is 29.2 Å². The van der Waals surface area contributed by atoms with Crippen molar-refractivity contribution >= 4 is 10.8 Å². The van der Waals surface area contributed by atoms with E-state index in [1.807, 2.05) is 0 Å². The van der Waals surface area contributed by atoms with Gasteiger partial charge in [-0.3, -0.25) is 4.90 Å². The Morgan fingerprint density at radius 3 is 2.63 bits per heavy atom. The van der Waals surface area contributed by atoms with Gasteiger partial charge in [-0.2, -0.15) is 0 Å². The Morgan fingerprint density at radius 1 is 1.00 bits per heavy atom. The molecule has 0 heterocycles. The maximum Gasteiger partial charge on any atom is 0.0240 e. The molecule has 0 spiro atoms. The lowest BCUT2D eigenvalue weighted by molar-refractivity contribution is 0.364. The van der Waals surface area contributed by atoms with Gasteiger partial charge in [0.05, 0.1) is 0 Å². The summed E-state index contributed by atoms with van der Waals surface area (Å²) in [6.07, 6.45) is 6.96. The van der Waals surface area contributed by atoms with E-state index in [0.29, 0.717) is 0 Å². The zero-order chi connectivity index (χ0) is 13.5. The Balaban J connectivity index is 2.04. The zero-order valence-corrected chi connectivity index (χ0v) is 12.0. The second kappa shape index (κ2) is 7.10. The third-order valence-electron chi connectivity index (χ3n) is 3.36. The Labute approximate surface area is 116 Å². The van der Waals surface area contributed by atoms with Crippen LogP contribution in [0.5, 0.6) is 0 Å². The fourth-order valence-electron chi connectivity index (χ4n) is 2.32. The number of benzene rings is 2. The highest BCUT2D eigenvalue weighted by Crippen LogP contribution is 2.19. The van der Waals surface area contributed by atoms with Crippen LogP contribution in [-0.4, -0.2) is 18.5 Å². The largest absolute Gasteiger partial charge is 0.298 e. The van der Waals surface area contributed by atoms with Gasteiger partial charge in [-0.05, 0) is 29.8 Å². The summed E-state index contributed by atoms with van der Waals surface area (Å²) >= 11 is 0. The van der Waals surface area contributed by atoms with E-state index in [-0.39, 0.29) is 0 Å². The summed E-state index contributed by atoms with van der Waals surface area (Å²) in [5.74, 6) is 0. The molecule has 0 amide bonds. The number of unbranched alkanes of at least 4 members (excludes halogenated alkanes) is 1. The zero-order valence-electron chi connectivity index (χ0n) is 12.0. The van der Waals surface area contributed by atoms with E-state index < -0.39 is 0 Å². The lowest BCUT2D eigenvalue weighted by Gasteiger charge is -2.16.